The van der Waals surface area contributed by atoms with E-state index in [-0.39, 0.29) is 46.1 Å². The molecule has 3 aromatic heterocycles. The molecule has 14 aromatic rings. The molecule has 0 aliphatic heterocycles. The number of para-hydroxylation sites is 4. The van der Waals surface area contributed by atoms with Crippen LogP contribution in [0, 0.1) is 25.0 Å². The standard InChI is InChI=1S/2C20H22IN3O2.C15H12INO4.C15H10INO3.C13H9IO2.C8H8INO2.ClH.H2O4S/c2*1-3-24(4-2)10-9-22-20(26)16-12-13(21)11-15-18(16)23-17-8-6-5-7-14(17)19(15)25;1-21-15(20)11-8-9(16)6-7-13(11)17-12-5-3-2-4-10(12)14(18)19;1-20-15(19)11-7-8(16)6-10-13(11)17-12-5-3-2-4-9(12)14(10)18;15-13(16)11-8-4-5-9-12(11)14-10-6-2-1-3-7-10;1-12-8(11)6-4-5(9)2-3-7(6)10;;1-5(2,3)4/h2*5-8,11-12H,3-4,9-10H2,1-2H3,(H,22,26)(H,23,25);2-8,17H,1H3,(H,18,19);2-7H,1H3,(H,17,18);1-9H;2-4H,10H2,1H3;1H;(H2,1,2,3,4). The maximum atomic E-state index is 12.8. The first-order chi connectivity index (χ1) is 60.1. The second-order valence-electron chi connectivity index (χ2n) is 26.7. The number of pyridine rings is 3. The van der Waals surface area contributed by atoms with Gasteiger partial charge in [-0.2, -0.15) is 8.42 Å². The van der Waals surface area contributed by atoms with Crippen molar-refractivity contribution in [2.75, 3.05) is 84.7 Å². The van der Waals surface area contributed by atoms with Crippen LogP contribution in [0.4, 0.5) is 17.1 Å². The number of esters is 3. The number of nitrogens with one attached hydrogen (secondary N) is 6. The van der Waals surface area contributed by atoms with Crippen LogP contribution in [-0.4, -0.2) is 163 Å². The van der Waals surface area contributed by atoms with E-state index < -0.39 is 61.5 Å². The van der Waals surface area contributed by atoms with E-state index in [0.29, 0.717) is 118 Å². The Labute approximate surface area is 814 Å². The topological polar surface area (TPSA) is 432 Å². The third-order valence-electron chi connectivity index (χ3n) is 18.7. The molecule has 0 aliphatic rings. The molecule has 14 rings (SSSR count). The fraction of sp³-hybridized carbons (Fsp3) is 0.165. The number of nitrogen functional groups attached to an aromatic ring is 1. The summed E-state index contributed by atoms with van der Waals surface area (Å²) in [4.78, 5) is 135. The Morgan fingerprint density at radius 1 is 0.425 bits per heavy atom. The van der Waals surface area contributed by atoms with Crippen LogP contribution in [0.1, 0.15) is 100 Å². The number of methoxy groups -OCH3 is 3. The zero-order valence-electron chi connectivity index (χ0n) is 68.9. The molecule has 2 amide bonds. The van der Waals surface area contributed by atoms with Gasteiger partial charge < -0.3 is 75.7 Å². The predicted molar refractivity (Wildman–Crippen MR) is 534 cm³/mol. The Balaban J connectivity index is 0.000000209. The van der Waals surface area contributed by atoms with E-state index in [0.717, 1.165) is 71.7 Å². The summed E-state index contributed by atoms with van der Waals surface area (Å²) in [6.45, 7) is 15.0. The van der Waals surface area contributed by atoms with E-state index >= 15 is 0 Å². The van der Waals surface area contributed by atoms with E-state index in [2.05, 4.69) is 186 Å². The van der Waals surface area contributed by atoms with Gasteiger partial charge in [-0.1, -0.05) is 107 Å². The van der Waals surface area contributed by atoms with E-state index in [1.165, 1.54) is 31.0 Å². The number of hydrogen-bond acceptors (Lipinski definition) is 20. The number of carbonyl (C=O) groups is 7. The number of hydrogen-bond donors (Lipinski definition) is 10. The zero-order chi connectivity index (χ0) is 92.1. The van der Waals surface area contributed by atoms with Crippen LogP contribution in [0.15, 0.2) is 239 Å². The molecule has 28 nitrogen and oxygen atoms in total. The first kappa shape index (κ1) is 104. The molecule has 0 fully saturated rings. The van der Waals surface area contributed by atoms with Gasteiger partial charge in [0.2, 0.25) is 3.57 Å². The van der Waals surface area contributed by atoms with Crippen molar-refractivity contribution in [3.8, 4) is 0 Å². The van der Waals surface area contributed by atoms with Crippen LogP contribution in [0.5, 0.6) is 0 Å². The lowest BCUT2D eigenvalue weighted by Crippen LogP contribution is -3.61. The maximum absolute atomic E-state index is 12.8. The molecule has 0 aliphatic carbocycles. The number of anilines is 3. The highest BCUT2D eigenvalue weighted by Crippen LogP contribution is 2.29. The number of carboxylic acid groups (broad SMARTS) is 2. The molecular formula is C91H86ClI6N9O19S. The summed E-state index contributed by atoms with van der Waals surface area (Å²) in [5.41, 5.74) is 13.2. The van der Waals surface area contributed by atoms with Gasteiger partial charge in [0.15, 0.2) is 19.9 Å². The molecular weight excluding hydrogens is 2350 g/mol. The molecule has 0 radical (unpaired) electrons. The fourth-order valence-corrected chi connectivity index (χ4v) is 17.8. The number of aromatic carboxylic acids is 2. The summed E-state index contributed by atoms with van der Waals surface area (Å²) in [6, 6.07) is 66.7. The molecule has 0 unspecified atom stereocenters. The maximum Gasteiger partial charge on any atom is 0.394 e. The number of likely N-dealkylation sites (N-methyl/N-ethyl adjacent to an activating group) is 2. The smallest absolute Gasteiger partial charge is 0.394 e. The SMILES string of the molecule is CCN(CC)CCNC(=O)c1cc(I)cc2c(=O)c3ccccc3[nH]c12.CCN(CC)CCNC(=O)c1cc(I)cc2c(=O)c3ccccc3[nH]c12.COC(=O)c1cc(I)cc2c(=O)c3ccccc3[nH]c12.COC(=O)c1cc(I)ccc1N.COC(=O)c1cc(I)ccc1Nc1ccccc1C(=O)O.Cl.O=C([O-])c1ccccc1[I+]c1ccccc1.O=S(=O)(O)O. The lowest BCUT2D eigenvalue weighted by atomic mass is 10.1. The van der Waals surface area contributed by atoms with Gasteiger partial charge in [0.1, 0.15) is 0 Å². The number of carbonyl (C=O) groups excluding carboxylic acids is 6. The molecule has 36 heteroatoms. The summed E-state index contributed by atoms with van der Waals surface area (Å²) in [5, 5.41) is 32.5. The van der Waals surface area contributed by atoms with Crippen molar-refractivity contribution in [2.24, 2.45) is 0 Å². The van der Waals surface area contributed by atoms with Gasteiger partial charge in [-0.05, 0) is 285 Å². The summed E-state index contributed by atoms with van der Waals surface area (Å²) in [5.74, 6) is -3.79. The first-order valence-electron chi connectivity index (χ1n) is 38.3. The van der Waals surface area contributed by atoms with Gasteiger partial charge in [0.25, 0.3) is 11.8 Å². The fourth-order valence-electron chi connectivity index (χ4n) is 12.5. The Bertz CT molecular complexity index is 6470. The van der Waals surface area contributed by atoms with Crippen molar-refractivity contribution >= 4 is 260 Å². The van der Waals surface area contributed by atoms with E-state index in [9.17, 15) is 58.2 Å². The predicted octanol–water partition coefficient (Wildman–Crippen LogP) is 12.9. The number of halogens is 7. The van der Waals surface area contributed by atoms with Gasteiger partial charge >= 0.3 is 55.5 Å². The second kappa shape index (κ2) is 50.8. The molecule has 0 saturated heterocycles. The Kier molecular flexibility index (Phi) is 41.7. The number of ether oxygens (including phenoxy) is 3. The number of aromatic nitrogens is 3. The van der Waals surface area contributed by atoms with E-state index in [1.54, 1.807) is 84.9 Å². The lowest BCUT2D eigenvalue weighted by molar-refractivity contribution is -0.598. The highest BCUT2D eigenvalue weighted by atomic mass is 127. The molecule has 0 saturated carbocycles. The number of nitrogens with two attached hydrogens (primary N) is 1. The minimum Gasteiger partial charge on any atom is -0.545 e. The lowest BCUT2D eigenvalue weighted by Gasteiger charge is -2.18. The molecule has 3 heterocycles. The second-order valence-corrected chi connectivity index (χ2v) is 36.7. The minimum absolute atomic E-state index is 0. The average Bonchev–Trinajstić information content (AvgIpc) is 0.769. The summed E-state index contributed by atoms with van der Waals surface area (Å²) in [6.07, 6.45) is 0. The van der Waals surface area contributed by atoms with Crippen LogP contribution >= 0.6 is 125 Å². The monoisotopic (exact) mass is 2440 g/mol. The van der Waals surface area contributed by atoms with Crippen molar-refractivity contribution in [1.29, 1.82) is 0 Å². The van der Waals surface area contributed by atoms with Crippen molar-refractivity contribution < 1.29 is 96.7 Å². The van der Waals surface area contributed by atoms with Gasteiger partial charge in [-0.15, -0.1) is 12.4 Å². The number of carboxylic acids is 2. The van der Waals surface area contributed by atoms with Crippen LogP contribution in [0.3, 0.4) is 0 Å². The van der Waals surface area contributed by atoms with Gasteiger partial charge in [0.05, 0.1) is 94.2 Å². The summed E-state index contributed by atoms with van der Waals surface area (Å²) in [7, 11) is -0.702. The van der Waals surface area contributed by atoms with Crippen molar-refractivity contribution in [3.05, 3.63) is 319 Å². The molecule has 0 atom stereocenters. The van der Waals surface area contributed by atoms with E-state index in [1.807, 2.05) is 133 Å². The molecule has 127 heavy (non-hydrogen) atoms. The van der Waals surface area contributed by atoms with Gasteiger partial charge in [-0.25, -0.2) is 19.2 Å². The third kappa shape index (κ3) is 29.9. The number of fused-ring (bicyclic) bond motifs is 6. The van der Waals surface area contributed by atoms with Gasteiger partial charge in [0, 0.05) is 98.6 Å². The van der Waals surface area contributed by atoms with Gasteiger partial charge in [-0.3, -0.25) is 33.1 Å². The van der Waals surface area contributed by atoms with Crippen LogP contribution in [0.25, 0.3) is 65.4 Å². The van der Waals surface area contributed by atoms with Crippen LogP contribution in [-0.2, 0) is 24.6 Å². The number of benzene rings is 11. The quantitative estimate of drug-likeness (QED) is 0.00797. The molecule has 664 valence electrons. The molecule has 11 aromatic carbocycles. The largest absolute Gasteiger partial charge is 0.545 e. The molecule has 0 bridgehead atoms. The molecule has 11 N–H and O–H groups in total. The Hall–Kier alpha value is -9.82. The average molecular weight is 2440 g/mol. The van der Waals surface area contributed by atoms with Crippen molar-refractivity contribution in [2.45, 2.75) is 27.7 Å². The summed E-state index contributed by atoms with van der Waals surface area (Å²) < 4.78 is 52.2. The van der Waals surface area contributed by atoms with Crippen molar-refractivity contribution in [3.63, 3.8) is 0 Å². The Morgan fingerprint density at radius 3 is 1.18 bits per heavy atom. The summed E-state index contributed by atoms with van der Waals surface area (Å²) >= 11 is 10.1. The third-order valence-corrected chi connectivity index (χ3v) is 24.8. The number of nitrogens with zero attached hydrogens (tertiary/aromatic N) is 2. The zero-order valence-corrected chi connectivity index (χ0v) is 83.5. The number of H-pyrrole nitrogens is 3. The highest BCUT2D eigenvalue weighted by Gasteiger charge is 2.23. The number of rotatable bonds is 21. The minimum atomic E-state index is -4.67. The highest BCUT2D eigenvalue weighted by molar-refractivity contribution is 14.1. The van der Waals surface area contributed by atoms with Crippen LogP contribution in [0.2, 0.25) is 0 Å². The molecule has 0 spiro atoms. The number of amides is 2. The van der Waals surface area contributed by atoms with Crippen LogP contribution < -0.4 is 64.3 Å². The first-order valence-corrected chi connectivity index (χ1v) is 47.2. The Morgan fingerprint density at radius 2 is 0.764 bits per heavy atom. The van der Waals surface area contributed by atoms with Crippen molar-refractivity contribution in [1.82, 2.24) is 35.4 Å². The van der Waals surface area contributed by atoms with E-state index in [4.69, 9.17) is 32.7 Å². The number of aromatic amines is 3. The normalized spacial score (nSPS) is 10.6.